The molecule has 0 bridgehead atoms. The van der Waals surface area contributed by atoms with E-state index in [-0.39, 0.29) is 24.4 Å². The van der Waals surface area contributed by atoms with Gasteiger partial charge in [0.15, 0.2) is 5.17 Å². The number of carbonyl (C=O) groups excluding carboxylic acids is 1. The molecule has 2 fully saturated rings. The summed E-state index contributed by atoms with van der Waals surface area (Å²) in [5.41, 5.74) is 1.77. The standard InChI is InChI=1S/C20H28ClN3OS.ClH/c1-14-9-10-18(17(21)11-14)23-19(25)12-16-13-26-20(24(16)2)22-15-7-5-3-4-6-8-15;/h9-11,15-16H,3-8,12-13H2,1-2H3,(H,23,25);1H/b22-20-;. The van der Waals surface area contributed by atoms with E-state index in [1.165, 1.54) is 38.5 Å². The number of hydrogen-bond donors (Lipinski definition) is 1. The van der Waals surface area contributed by atoms with E-state index in [2.05, 4.69) is 17.3 Å². The van der Waals surface area contributed by atoms with Crippen molar-refractivity contribution in [3.05, 3.63) is 28.8 Å². The second-order valence-electron chi connectivity index (χ2n) is 7.37. The summed E-state index contributed by atoms with van der Waals surface area (Å²) in [6.07, 6.45) is 8.13. The molecule has 1 aliphatic heterocycles. The summed E-state index contributed by atoms with van der Waals surface area (Å²) in [7, 11) is 2.06. The average molecular weight is 430 g/mol. The Morgan fingerprint density at radius 2 is 2.00 bits per heavy atom. The summed E-state index contributed by atoms with van der Waals surface area (Å²) >= 11 is 8.00. The molecular weight excluding hydrogens is 401 g/mol. The minimum absolute atomic E-state index is 0. The molecular formula is C20H29Cl2N3OS. The summed E-state index contributed by atoms with van der Waals surface area (Å²) in [4.78, 5) is 19.6. The third kappa shape index (κ3) is 6.30. The zero-order chi connectivity index (χ0) is 18.5. The Kier molecular flexibility index (Phi) is 8.77. The molecule has 2 aliphatic rings. The van der Waals surface area contributed by atoms with E-state index in [0.29, 0.717) is 23.2 Å². The average Bonchev–Trinajstić information content (AvgIpc) is 2.80. The molecule has 1 aliphatic carbocycles. The van der Waals surface area contributed by atoms with Gasteiger partial charge in [-0.25, -0.2) is 0 Å². The van der Waals surface area contributed by atoms with Crippen LogP contribution < -0.4 is 5.32 Å². The van der Waals surface area contributed by atoms with Crippen molar-refractivity contribution in [1.29, 1.82) is 0 Å². The van der Waals surface area contributed by atoms with E-state index in [1.54, 1.807) is 11.8 Å². The third-order valence-corrected chi connectivity index (χ3v) is 6.71. The van der Waals surface area contributed by atoms with Gasteiger partial charge in [-0.05, 0) is 37.5 Å². The van der Waals surface area contributed by atoms with Gasteiger partial charge in [-0.15, -0.1) is 12.4 Å². The molecule has 1 saturated heterocycles. The number of halogens is 2. The molecule has 1 heterocycles. The molecule has 1 N–H and O–H groups in total. The van der Waals surface area contributed by atoms with E-state index in [1.807, 2.05) is 25.1 Å². The van der Waals surface area contributed by atoms with Crippen molar-refractivity contribution in [3.8, 4) is 0 Å². The summed E-state index contributed by atoms with van der Waals surface area (Å²) < 4.78 is 0. The fourth-order valence-electron chi connectivity index (χ4n) is 3.54. The van der Waals surface area contributed by atoms with E-state index in [4.69, 9.17) is 16.6 Å². The van der Waals surface area contributed by atoms with Crippen LogP contribution in [0, 0.1) is 6.92 Å². The first-order chi connectivity index (χ1) is 12.5. The third-order valence-electron chi connectivity index (χ3n) is 5.19. The van der Waals surface area contributed by atoms with Crippen LogP contribution >= 0.6 is 35.8 Å². The molecule has 1 unspecified atom stereocenters. The van der Waals surface area contributed by atoms with Crippen molar-refractivity contribution in [2.75, 3.05) is 18.1 Å². The lowest BCUT2D eigenvalue weighted by atomic mass is 10.1. The molecule has 0 radical (unpaired) electrons. The van der Waals surface area contributed by atoms with Crippen LogP contribution in [0.15, 0.2) is 23.2 Å². The Labute approximate surface area is 177 Å². The molecule has 150 valence electrons. The van der Waals surface area contributed by atoms with Gasteiger partial charge in [0.2, 0.25) is 5.91 Å². The first-order valence-corrected chi connectivity index (χ1v) is 10.9. The normalized spacial score (nSPS) is 22.4. The highest BCUT2D eigenvalue weighted by atomic mass is 35.5. The van der Waals surface area contributed by atoms with Crippen molar-refractivity contribution < 1.29 is 4.79 Å². The minimum atomic E-state index is 0. The van der Waals surface area contributed by atoms with Crippen LogP contribution in [0.1, 0.15) is 50.5 Å². The van der Waals surface area contributed by atoms with Crippen LogP contribution in [0.25, 0.3) is 0 Å². The van der Waals surface area contributed by atoms with Gasteiger partial charge in [-0.1, -0.05) is 55.1 Å². The highest BCUT2D eigenvalue weighted by Gasteiger charge is 2.29. The molecule has 3 rings (SSSR count). The van der Waals surface area contributed by atoms with E-state index >= 15 is 0 Å². The fraction of sp³-hybridized carbons (Fsp3) is 0.600. The Hall–Kier alpha value is -0.910. The number of thioether (sulfide) groups is 1. The number of aliphatic imine (C=N–C) groups is 1. The monoisotopic (exact) mass is 429 g/mol. The van der Waals surface area contributed by atoms with Crippen molar-refractivity contribution in [2.45, 2.75) is 64.0 Å². The lowest BCUT2D eigenvalue weighted by Gasteiger charge is -2.22. The van der Waals surface area contributed by atoms with Crippen LogP contribution in [0.5, 0.6) is 0 Å². The number of anilines is 1. The lowest BCUT2D eigenvalue weighted by molar-refractivity contribution is -0.116. The van der Waals surface area contributed by atoms with E-state index < -0.39 is 0 Å². The Morgan fingerprint density at radius 3 is 2.67 bits per heavy atom. The predicted molar refractivity (Wildman–Crippen MR) is 120 cm³/mol. The maximum atomic E-state index is 12.4. The van der Waals surface area contributed by atoms with E-state index in [0.717, 1.165) is 16.5 Å². The molecule has 0 aromatic heterocycles. The fourth-order valence-corrected chi connectivity index (χ4v) is 5.09. The first kappa shape index (κ1) is 22.4. The lowest BCUT2D eigenvalue weighted by Crippen LogP contribution is -2.34. The number of hydrogen-bond acceptors (Lipinski definition) is 3. The highest BCUT2D eigenvalue weighted by molar-refractivity contribution is 8.14. The van der Waals surface area contributed by atoms with Crippen molar-refractivity contribution in [1.82, 2.24) is 4.90 Å². The van der Waals surface area contributed by atoms with Gasteiger partial charge in [0.1, 0.15) is 0 Å². The summed E-state index contributed by atoms with van der Waals surface area (Å²) in [6, 6.07) is 6.33. The van der Waals surface area contributed by atoms with Crippen LogP contribution in [0.3, 0.4) is 0 Å². The van der Waals surface area contributed by atoms with Gasteiger partial charge in [0.05, 0.1) is 16.8 Å². The van der Waals surface area contributed by atoms with Gasteiger partial charge < -0.3 is 10.2 Å². The summed E-state index contributed by atoms with van der Waals surface area (Å²) in [5, 5.41) is 4.63. The number of nitrogens with zero attached hydrogens (tertiary/aromatic N) is 2. The molecule has 27 heavy (non-hydrogen) atoms. The van der Waals surface area contributed by atoms with Gasteiger partial charge in [0, 0.05) is 25.3 Å². The molecule has 1 aromatic carbocycles. The second kappa shape index (κ2) is 10.6. The largest absolute Gasteiger partial charge is 0.350 e. The first-order valence-electron chi connectivity index (χ1n) is 9.52. The molecule has 0 spiro atoms. The maximum Gasteiger partial charge on any atom is 0.226 e. The molecule has 4 nitrogen and oxygen atoms in total. The van der Waals surface area contributed by atoms with Crippen molar-refractivity contribution in [2.24, 2.45) is 4.99 Å². The zero-order valence-electron chi connectivity index (χ0n) is 16.0. The molecule has 7 heteroatoms. The number of benzene rings is 1. The Balaban J connectivity index is 0.00000261. The molecule has 1 aromatic rings. The maximum absolute atomic E-state index is 12.4. The number of amidine groups is 1. The van der Waals surface area contributed by atoms with Crippen LogP contribution in [0.4, 0.5) is 5.69 Å². The van der Waals surface area contributed by atoms with Crippen LogP contribution in [-0.4, -0.2) is 40.9 Å². The number of nitrogens with one attached hydrogen (secondary N) is 1. The predicted octanol–water partition coefficient (Wildman–Crippen LogP) is 5.52. The summed E-state index contributed by atoms with van der Waals surface area (Å²) in [5.74, 6) is 0.917. The molecule has 1 amide bonds. The quantitative estimate of drug-likeness (QED) is 0.640. The number of rotatable bonds is 4. The van der Waals surface area contributed by atoms with E-state index in [9.17, 15) is 4.79 Å². The number of carbonyl (C=O) groups is 1. The Bertz CT molecular complexity index is 675. The smallest absolute Gasteiger partial charge is 0.226 e. The van der Waals surface area contributed by atoms with Gasteiger partial charge in [-0.3, -0.25) is 9.79 Å². The zero-order valence-corrected chi connectivity index (χ0v) is 18.4. The summed E-state index contributed by atoms with van der Waals surface area (Å²) in [6.45, 7) is 1.98. The van der Waals surface area contributed by atoms with Crippen molar-refractivity contribution in [3.63, 3.8) is 0 Å². The molecule has 1 atom stereocenters. The number of aryl methyl sites for hydroxylation is 1. The second-order valence-corrected chi connectivity index (χ2v) is 8.76. The van der Waals surface area contributed by atoms with Gasteiger partial charge >= 0.3 is 0 Å². The Morgan fingerprint density at radius 1 is 1.30 bits per heavy atom. The van der Waals surface area contributed by atoms with Crippen LogP contribution in [-0.2, 0) is 4.79 Å². The van der Waals surface area contributed by atoms with Crippen molar-refractivity contribution >= 4 is 52.5 Å². The highest BCUT2D eigenvalue weighted by Crippen LogP contribution is 2.29. The van der Waals surface area contributed by atoms with Gasteiger partial charge in [0.25, 0.3) is 0 Å². The topological polar surface area (TPSA) is 44.7 Å². The minimum Gasteiger partial charge on any atom is -0.350 e. The van der Waals surface area contributed by atoms with Crippen LogP contribution in [0.2, 0.25) is 5.02 Å². The molecule has 1 saturated carbocycles. The number of amides is 1. The SMILES string of the molecule is Cc1ccc(NC(=O)CC2CS/C(=N\C3CCCCCC3)N2C)c(Cl)c1.Cl. The van der Waals surface area contributed by atoms with Gasteiger partial charge in [-0.2, -0.15) is 0 Å².